The zero-order valence-electron chi connectivity index (χ0n) is 30.1. The number of carboxylic acids is 3. The highest BCUT2D eigenvalue weighted by molar-refractivity contribution is 5.74. The number of terminal acetylenes is 1. The molecule has 302 valence electrons. The first kappa shape index (κ1) is 47.4. The average Bonchev–Trinajstić information content (AvgIpc) is 3.03. The molecular formula is C32H54O20. The van der Waals surface area contributed by atoms with Crippen LogP contribution in [0.5, 0.6) is 0 Å². The highest BCUT2D eigenvalue weighted by atomic mass is 16.8. The van der Waals surface area contributed by atoms with Crippen molar-refractivity contribution in [3.8, 4) is 12.8 Å². The molecular weight excluding hydrogens is 704 g/mol. The normalized spacial score (nSPS) is 37.9. The number of carbonyl (C=O) groups is 3. The molecule has 52 heavy (non-hydrogen) atoms. The lowest BCUT2D eigenvalue weighted by molar-refractivity contribution is -0.355. The lowest BCUT2D eigenvalue weighted by Crippen LogP contribution is -2.66. The Morgan fingerprint density at radius 2 is 0.692 bits per heavy atom. The summed E-state index contributed by atoms with van der Waals surface area (Å²) in [5, 5.41) is 89.3. The molecule has 0 aromatic rings. The van der Waals surface area contributed by atoms with Crippen LogP contribution in [-0.4, -0.2) is 180 Å². The number of aliphatic carboxylic acids is 3. The fourth-order valence-corrected chi connectivity index (χ4v) is 5.22. The van der Waals surface area contributed by atoms with Crippen molar-refractivity contribution >= 4 is 17.9 Å². The molecule has 15 atom stereocenters. The molecule has 5 unspecified atom stereocenters. The average molecular weight is 759 g/mol. The van der Waals surface area contributed by atoms with Gasteiger partial charge in [-0.25, -0.2) is 14.4 Å². The molecule has 0 aliphatic carbocycles. The Kier molecular flexibility index (Phi) is 19.5. The first-order chi connectivity index (χ1) is 24.1. The van der Waals surface area contributed by atoms with Crippen LogP contribution < -0.4 is 0 Å². The summed E-state index contributed by atoms with van der Waals surface area (Å²) in [4.78, 5) is 34.4. The predicted octanol–water partition coefficient (Wildman–Crippen LogP) is -2.36. The van der Waals surface area contributed by atoms with Crippen LogP contribution in [0.4, 0.5) is 0 Å². The summed E-state index contributed by atoms with van der Waals surface area (Å²) in [5.41, 5.74) is 0. The lowest BCUT2D eigenvalue weighted by atomic mass is 9.96. The van der Waals surface area contributed by atoms with Crippen LogP contribution in [0.2, 0.25) is 0 Å². The van der Waals surface area contributed by atoms with Crippen molar-refractivity contribution in [2.45, 2.75) is 172 Å². The van der Waals surface area contributed by atoms with E-state index in [0.717, 1.165) is 0 Å². The van der Waals surface area contributed by atoms with E-state index in [4.69, 9.17) is 43.0 Å². The molecule has 3 fully saturated rings. The van der Waals surface area contributed by atoms with Crippen molar-refractivity contribution in [2.24, 2.45) is 0 Å². The highest BCUT2D eigenvalue weighted by Gasteiger charge is 2.55. The Balaban J connectivity index is 0.000000551. The van der Waals surface area contributed by atoms with Gasteiger partial charge >= 0.3 is 17.9 Å². The summed E-state index contributed by atoms with van der Waals surface area (Å²) in [6, 6.07) is 0. The van der Waals surface area contributed by atoms with E-state index in [0.29, 0.717) is 0 Å². The van der Waals surface area contributed by atoms with Crippen molar-refractivity contribution in [1.29, 1.82) is 0 Å². The van der Waals surface area contributed by atoms with E-state index < -0.39 is 122 Å². The third-order valence-electron chi connectivity index (χ3n) is 7.33. The summed E-state index contributed by atoms with van der Waals surface area (Å²) < 4.78 is 42.2. The van der Waals surface area contributed by atoms with Gasteiger partial charge < -0.3 is 83.9 Å². The van der Waals surface area contributed by atoms with E-state index >= 15 is 0 Å². The molecule has 0 aromatic carbocycles. The molecule has 20 heteroatoms. The minimum Gasteiger partial charge on any atom is -0.479 e. The van der Waals surface area contributed by atoms with Crippen LogP contribution in [0.3, 0.4) is 0 Å². The Morgan fingerprint density at radius 3 is 0.981 bits per heavy atom. The van der Waals surface area contributed by atoms with Crippen LogP contribution in [0.15, 0.2) is 0 Å². The molecule has 9 N–H and O–H groups in total. The topological polar surface area (TPSA) is 307 Å². The highest BCUT2D eigenvalue weighted by Crippen LogP contribution is 2.32. The molecule has 3 aliphatic rings. The van der Waals surface area contributed by atoms with Gasteiger partial charge in [0, 0.05) is 0 Å². The molecule has 0 radical (unpaired) electrons. The maximum Gasteiger partial charge on any atom is 0.335 e. The monoisotopic (exact) mass is 758 g/mol. The number of rotatable bonds is 13. The van der Waals surface area contributed by atoms with E-state index in [2.05, 4.69) is 12.8 Å². The minimum absolute atomic E-state index is 0.274. The van der Waals surface area contributed by atoms with Gasteiger partial charge in [0.2, 0.25) is 0 Å². The second-order valence-electron chi connectivity index (χ2n) is 13.0. The Bertz CT molecular complexity index is 1130. The van der Waals surface area contributed by atoms with Crippen molar-refractivity contribution in [2.75, 3.05) is 0 Å². The third kappa shape index (κ3) is 12.8. The number of carboxylic acid groups (broad SMARTS) is 3. The molecule has 3 saturated heterocycles. The van der Waals surface area contributed by atoms with Crippen molar-refractivity contribution in [3.05, 3.63) is 0 Å². The molecule has 0 bridgehead atoms. The molecule has 3 aliphatic heterocycles. The molecule has 0 aromatic heterocycles. The standard InChI is InChI=1S/C18H30O13.C12H22O7.C2H2/c1-5(2)27-11-7(19)10(22)18(31-13(11)15(23)24)29-12-8(20)9(21)17(28-6(3)4)30-14(12)16(25)26;1-5(2)17-9-7(13)8(14)12(18-6(3)4)19-10(9)11(15)16;1-2/h5-14,17-22H,1-4H3,(H,23,24)(H,25,26);5-10,12-14H,1-4H3,(H,15,16);1-2H/t7-,8-,9?,10?,11+,12+,13?,14?,17-,18-;7-,8+,9+,10?,12-;/m11./s1. The number of aliphatic hydroxyl groups excluding tert-OH is 6. The smallest absolute Gasteiger partial charge is 0.335 e. The second kappa shape index (κ2) is 21.3. The third-order valence-corrected chi connectivity index (χ3v) is 7.33. The van der Waals surface area contributed by atoms with Crippen LogP contribution in [-0.2, 0) is 52.3 Å². The van der Waals surface area contributed by atoms with E-state index in [1.807, 2.05) is 0 Å². The Hall–Kier alpha value is -2.59. The fourth-order valence-electron chi connectivity index (χ4n) is 5.22. The van der Waals surface area contributed by atoms with Gasteiger partial charge in [-0.3, -0.25) is 0 Å². The second-order valence-corrected chi connectivity index (χ2v) is 13.0. The number of aliphatic hydroxyl groups is 6. The predicted molar refractivity (Wildman–Crippen MR) is 172 cm³/mol. The molecule has 3 heterocycles. The zero-order valence-corrected chi connectivity index (χ0v) is 30.1. The number of ether oxygens (including phenoxy) is 8. The Morgan fingerprint density at radius 1 is 0.442 bits per heavy atom. The molecule has 3 rings (SSSR count). The maximum atomic E-state index is 11.7. The minimum atomic E-state index is -1.87. The van der Waals surface area contributed by atoms with Gasteiger partial charge in [0.05, 0.1) is 24.4 Å². The van der Waals surface area contributed by atoms with Crippen LogP contribution >= 0.6 is 0 Å². The van der Waals surface area contributed by atoms with Gasteiger partial charge in [0.15, 0.2) is 37.2 Å². The van der Waals surface area contributed by atoms with Crippen molar-refractivity contribution < 1.29 is 98.2 Å². The fraction of sp³-hybridized carbons (Fsp3) is 0.844. The number of hydrogen-bond donors (Lipinski definition) is 9. The van der Waals surface area contributed by atoms with Crippen LogP contribution in [0.1, 0.15) is 55.4 Å². The largest absolute Gasteiger partial charge is 0.479 e. The number of hydrogen-bond acceptors (Lipinski definition) is 17. The van der Waals surface area contributed by atoms with Gasteiger partial charge in [0.25, 0.3) is 0 Å². The summed E-state index contributed by atoms with van der Waals surface area (Å²) in [7, 11) is 0. The summed E-state index contributed by atoms with van der Waals surface area (Å²) in [6.07, 6.45) is -17.4. The maximum absolute atomic E-state index is 11.7. The summed E-state index contributed by atoms with van der Waals surface area (Å²) in [5.74, 6) is -4.37. The van der Waals surface area contributed by atoms with Crippen molar-refractivity contribution in [3.63, 3.8) is 0 Å². The molecule has 0 amide bonds. The SMILES string of the molecule is C#C.CC(C)O[C@@H]1OC(C(=O)O)[C@@H](OC(C)C)[C@H](O)[C@@H]1O.CC(C)O[C@@H]1OC(C(=O)O)[C@@H](O[C@@H]2OC(C(=O)O)[C@@H](OC(C)C)[C@H](O)C2O)[C@H](O)C1O. The van der Waals surface area contributed by atoms with E-state index in [1.165, 1.54) is 0 Å². The van der Waals surface area contributed by atoms with Crippen LogP contribution in [0, 0.1) is 12.8 Å². The summed E-state index contributed by atoms with van der Waals surface area (Å²) >= 11 is 0. The lowest BCUT2D eigenvalue weighted by Gasteiger charge is -2.45. The van der Waals surface area contributed by atoms with Crippen molar-refractivity contribution in [1.82, 2.24) is 0 Å². The molecule has 20 nitrogen and oxygen atoms in total. The summed E-state index contributed by atoms with van der Waals surface area (Å²) in [6.45, 7) is 13.2. The van der Waals surface area contributed by atoms with Gasteiger partial charge in [0.1, 0.15) is 54.9 Å². The van der Waals surface area contributed by atoms with E-state index in [-0.39, 0.29) is 12.2 Å². The first-order valence-electron chi connectivity index (χ1n) is 16.4. The van der Waals surface area contributed by atoms with E-state index in [1.54, 1.807) is 55.4 Å². The van der Waals surface area contributed by atoms with Gasteiger partial charge in [-0.2, -0.15) is 0 Å². The molecule has 0 spiro atoms. The van der Waals surface area contributed by atoms with E-state index in [9.17, 15) is 55.2 Å². The van der Waals surface area contributed by atoms with Gasteiger partial charge in [-0.05, 0) is 55.4 Å². The zero-order chi connectivity index (χ0) is 40.4. The molecule has 0 saturated carbocycles. The van der Waals surface area contributed by atoms with Crippen LogP contribution in [0.25, 0.3) is 0 Å². The Labute approximate surface area is 301 Å². The van der Waals surface area contributed by atoms with Gasteiger partial charge in [-0.1, -0.05) is 0 Å². The quantitative estimate of drug-likeness (QED) is 0.0887. The first-order valence-corrected chi connectivity index (χ1v) is 16.4. The van der Waals surface area contributed by atoms with Gasteiger partial charge in [-0.15, -0.1) is 12.8 Å².